The minimum atomic E-state index is -0.416. The number of nitrogens with two attached hydrogens (primary N) is 1. The summed E-state index contributed by atoms with van der Waals surface area (Å²) in [4.78, 5) is 21.3. The molecule has 26 heavy (non-hydrogen) atoms. The fourth-order valence-corrected chi connectivity index (χ4v) is 3.39. The first-order valence-electron chi connectivity index (χ1n) is 9.20. The van der Waals surface area contributed by atoms with Crippen LogP contribution >= 0.6 is 15.9 Å². The Morgan fingerprint density at radius 1 is 1.42 bits per heavy atom. The van der Waals surface area contributed by atoms with Crippen LogP contribution in [0.1, 0.15) is 18.9 Å². The summed E-state index contributed by atoms with van der Waals surface area (Å²) in [5.74, 6) is 0.202. The van der Waals surface area contributed by atoms with Gasteiger partial charge in [0.15, 0.2) is 0 Å². The number of nitrogens with one attached hydrogen (secondary N) is 1. The summed E-state index contributed by atoms with van der Waals surface area (Å²) in [5, 5.41) is 3.34. The third-order valence-corrected chi connectivity index (χ3v) is 5.03. The number of likely N-dealkylation sites (N-methyl/N-ethyl adjacent to an activating group) is 1. The largest absolute Gasteiger partial charge is 0.465 e. The van der Waals surface area contributed by atoms with Crippen molar-refractivity contribution >= 4 is 27.7 Å². The van der Waals surface area contributed by atoms with Gasteiger partial charge in [0.2, 0.25) is 0 Å². The van der Waals surface area contributed by atoms with Gasteiger partial charge < -0.3 is 25.6 Å². The van der Waals surface area contributed by atoms with Gasteiger partial charge in [-0.25, -0.2) is 4.98 Å². The molecule has 0 saturated carbocycles. The van der Waals surface area contributed by atoms with Crippen LogP contribution in [0.4, 0.5) is 5.82 Å². The number of piperazine rings is 1. The molecule has 7 nitrogen and oxygen atoms in total. The van der Waals surface area contributed by atoms with Crippen LogP contribution in [0.3, 0.4) is 0 Å². The van der Waals surface area contributed by atoms with E-state index in [2.05, 4.69) is 43.1 Å². The molecule has 2 rings (SSSR count). The minimum absolute atomic E-state index is 0.244. The first-order valence-corrected chi connectivity index (χ1v) is 9.99. The second-order valence-electron chi connectivity index (χ2n) is 6.66. The van der Waals surface area contributed by atoms with Crippen LogP contribution in [0, 0.1) is 0 Å². The molecular weight excluding hydrogens is 398 g/mol. The smallest absolute Gasteiger partial charge is 0.323 e. The molecule has 146 valence electrons. The van der Waals surface area contributed by atoms with Gasteiger partial charge >= 0.3 is 5.97 Å². The van der Waals surface area contributed by atoms with Crippen molar-refractivity contribution in [2.75, 3.05) is 58.7 Å². The molecule has 1 aliphatic rings. The number of anilines is 1. The molecule has 1 aromatic rings. The lowest BCUT2D eigenvalue weighted by molar-refractivity contribution is -0.145. The highest BCUT2D eigenvalue weighted by Gasteiger charge is 2.21. The lowest BCUT2D eigenvalue weighted by Crippen LogP contribution is -2.46. The van der Waals surface area contributed by atoms with E-state index in [1.54, 1.807) is 6.20 Å². The molecule has 1 saturated heterocycles. The number of hydrogen-bond acceptors (Lipinski definition) is 7. The maximum absolute atomic E-state index is 12.3. The van der Waals surface area contributed by atoms with Crippen LogP contribution < -0.4 is 11.1 Å². The van der Waals surface area contributed by atoms with Crippen LogP contribution in [-0.4, -0.2) is 79.7 Å². The second-order valence-corrected chi connectivity index (χ2v) is 7.57. The number of nitrogens with zero attached hydrogens (tertiary/aromatic N) is 3. The summed E-state index contributed by atoms with van der Waals surface area (Å²) in [6, 6.07) is 1.49. The minimum Gasteiger partial charge on any atom is -0.465 e. The molecule has 1 aromatic heterocycles. The molecule has 0 aromatic carbocycles. The van der Waals surface area contributed by atoms with Crippen LogP contribution in [0.2, 0.25) is 0 Å². The van der Waals surface area contributed by atoms with Gasteiger partial charge in [-0.2, -0.15) is 0 Å². The number of ether oxygens (including phenoxy) is 1. The lowest BCUT2D eigenvalue weighted by atomic mass is 10.1. The van der Waals surface area contributed by atoms with Gasteiger partial charge in [-0.3, -0.25) is 4.79 Å². The Morgan fingerprint density at radius 3 is 2.85 bits per heavy atom. The number of esters is 1. The SMILES string of the molecule is CCOC(=O)C(Cc1cc(Br)cnc1N)NCCCN1CCN(C)CC1. The number of nitrogen functional groups attached to an aromatic ring is 1. The van der Waals surface area contributed by atoms with E-state index in [1.807, 2.05) is 13.0 Å². The number of carbonyl (C=O) groups excluding carboxylic acids is 1. The van der Waals surface area contributed by atoms with Gasteiger partial charge in [0.1, 0.15) is 11.9 Å². The summed E-state index contributed by atoms with van der Waals surface area (Å²) in [5.41, 5.74) is 6.79. The molecule has 0 bridgehead atoms. The highest BCUT2D eigenvalue weighted by molar-refractivity contribution is 9.10. The second kappa shape index (κ2) is 10.8. The third kappa shape index (κ3) is 6.83. The van der Waals surface area contributed by atoms with Gasteiger partial charge in [0.25, 0.3) is 0 Å². The zero-order chi connectivity index (χ0) is 18.9. The highest BCUT2D eigenvalue weighted by atomic mass is 79.9. The maximum Gasteiger partial charge on any atom is 0.323 e. The molecular formula is C18H30BrN5O2. The van der Waals surface area contributed by atoms with E-state index in [0.29, 0.717) is 18.8 Å². The Kier molecular flexibility index (Phi) is 8.77. The van der Waals surface area contributed by atoms with E-state index in [1.165, 1.54) is 0 Å². The van der Waals surface area contributed by atoms with Crippen molar-refractivity contribution in [2.45, 2.75) is 25.8 Å². The van der Waals surface area contributed by atoms with Crippen molar-refractivity contribution in [3.8, 4) is 0 Å². The van der Waals surface area contributed by atoms with Gasteiger partial charge in [-0.15, -0.1) is 0 Å². The molecule has 1 atom stereocenters. The van der Waals surface area contributed by atoms with Crippen molar-refractivity contribution in [2.24, 2.45) is 0 Å². The van der Waals surface area contributed by atoms with E-state index >= 15 is 0 Å². The van der Waals surface area contributed by atoms with Gasteiger partial charge in [-0.05, 0) is 61.0 Å². The molecule has 2 heterocycles. The van der Waals surface area contributed by atoms with Crippen molar-refractivity contribution in [1.29, 1.82) is 0 Å². The average molecular weight is 428 g/mol. The van der Waals surface area contributed by atoms with Crippen molar-refractivity contribution in [3.63, 3.8) is 0 Å². The van der Waals surface area contributed by atoms with Crippen LogP contribution in [0.5, 0.6) is 0 Å². The fourth-order valence-electron chi connectivity index (χ4n) is 3.01. The number of aromatic nitrogens is 1. The zero-order valence-corrected chi connectivity index (χ0v) is 17.3. The zero-order valence-electron chi connectivity index (χ0n) is 15.7. The van der Waals surface area contributed by atoms with Gasteiger partial charge in [0, 0.05) is 43.3 Å². The van der Waals surface area contributed by atoms with E-state index in [9.17, 15) is 4.79 Å². The Balaban J connectivity index is 1.84. The normalized spacial score (nSPS) is 17.2. The lowest BCUT2D eigenvalue weighted by Gasteiger charge is -2.32. The Labute approximate surface area is 164 Å². The summed E-state index contributed by atoms with van der Waals surface area (Å²) in [6.45, 7) is 8.44. The van der Waals surface area contributed by atoms with E-state index in [-0.39, 0.29) is 5.97 Å². The maximum atomic E-state index is 12.3. The van der Waals surface area contributed by atoms with Crippen LogP contribution in [0.15, 0.2) is 16.7 Å². The number of rotatable bonds is 9. The van der Waals surface area contributed by atoms with Crippen molar-refractivity contribution in [1.82, 2.24) is 20.1 Å². The Morgan fingerprint density at radius 2 is 2.15 bits per heavy atom. The summed E-state index contributed by atoms with van der Waals surface area (Å²) in [7, 11) is 2.16. The molecule has 1 fully saturated rings. The van der Waals surface area contributed by atoms with Crippen LogP contribution in [-0.2, 0) is 16.0 Å². The highest BCUT2D eigenvalue weighted by Crippen LogP contribution is 2.17. The van der Waals surface area contributed by atoms with Gasteiger partial charge in [-0.1, -0.05) is 0 Å². The summed E-state index contributed by atoms with van der Waals surface area (Å²) >= 11 is 3.40. The van der Waals surface area contributed by atoms with Crippen molar-refractivity contribution < 1.29 is 9.53 Å². The predicted molar refractivity (Wildman–Crippen MR) is 107 cm³/mol. The number of pyridine rings is 1. The predicted octanol–water partition coefficient (Wildman–Crippen LogP) is 1.13. The van der Waals surface area contributed by atoms with Gasteiger partial charge in [0.05, 0.1) is 6.61 Å². The monoisotopic (exact) mass is 427 g/mol. The first-order chi connectivity index (χ1) is 12.5. The Hall–Kier alpha value is -1.22. The van der Waals surface area contributed by atoms with E-state index in [0.717, 1.165) is 55.7 Å². The fraction of sp³-hybridized carbons (Fsp3) is 0.667. The number of halogens is 1. The van der Waals surface area contributed by atoms with Crippen LogP contribution in [0.25, 0.3) is 0 Å². The number of hydrogen-bond donors (Lipinski definition) is 2. The topological polar surface area (TPSA) is 83.7 Å². The Bertz CT molecular complexity index is 579. The molecule has 1 aliphatic heterocycles. The molecule has 0 amide bonds. The molecule has 3 N–H and O–H groups in total. The van der Waals surface area contributed by atoms with E-state index < -0.39 is 6.04 Å². The molecule has 0 spiro atoms. The standard InChI is InChI=1S/C18H30BrN5O2/c1-3-26-18(25)16(12-14-11-15(19)13-22-17(14)20)21-5-4-6-24-9-7-23(2)8-10-24/h11,13,16,21H,3-10,12H2,1-2H3,(H2,20,22). The quantitative estimate of drug-likeness (QED) is 0.451. The molecule has 0 radical (unpaired) electrons. The summed E-state index contributed by atoms with van der Waals surface area (Å²) in [6.07, 6.45) is 3.11. The van der Waals surface area contributed by atoms with E-state index in [4.69, 9.17) is 10.5 Å². The molecule has 1 unspecified atom stereocenters. The van der Waals surface area contributed by atoms with Crippen molar-refractivity contribution in [3.05, 3.63) is 22.3 Å². The number of carbonyl (C=O) groups is 1. The molecule has 8 heteroatoms. The third-order valence-electron chi connectivity index (χ3n) is 4.60. The average Bonchev–Trinajstić information content (AvgIpc) is 2.62. The first kappa shape index (κ1) is 21.1. The molecule has 0 aliphatic carbocycles. The summed E-state index contributed by atoms with van der Waals surface area (Å²) < 4.78 is 6.06.